The fourth-order valence-electron chi connectivity index (χ4n) is 1.52. The molecule has 2 nitrogen and oxygen atoms in total. The van der Waals surface area contributed by atoms with E-state index in [0.29, 0.717) is 10.0 Å². The molecule has 1 aromatic rings. The Morgan fingerprint density at radius 2 is 2.00 bits per heavy atom. The van der Waals surface area contributed by atoms with Crippen molar-refractivity contribution in [1.82, 2.24) is 0 Å². The lowest BCUT2D eigenvalue weighted by molar-refractivity contribution is 0.515. The topological polar surface area (TPSA) is 34.1 Å². The van der Waals surface area contributed by atoms with Crippen LogP contribution in [0, 0.1) is 5.82 Å². The molecule has 16 heavy (non-hydrogen) atoms. The molecule has 0 atom stereocenters. The summed E-state index contributed by atoms with van der Waals surface area (Å²) in [6, 6.07) is 4.42. The highest BCUT2D eigenvalue weighted by Gasteiger charge is 2.29. The van der Waals surface area contributed by atoms with Crippen LogP contribution in [0.1, 0.15) is 19.4 Å². The van der Waals surface area contributed by atoms with Crippen LogP contribution in [0.15, 0.2) is 22.7 Å². The van der Waals surface area contributed by atoms with E-state index < -0.39 is 20.3 Å². The highest BCUT2D eigenvalue weighted by molar-refractivity contribution is 9.10. The van der Waals surface area contributed by atoms with E-state index in [4.69, 9.17) is 10.7 Å². The van der Waals surface area contributed by atoms with E-state index in [1.165, 1.54) is 6.07 Å². The molecule has 0 aromatic heterocycles. The zero-order chi connectivity index (χ0) is 12.6. The number of hydrogen-bond acceptors (Lipinski definition) is 2. The summed E-state index contributed by atoms with van der Waals surface area (Å²) >= 11 is 3.22. The Kier molecular flexibility index (Phi) is 4.03. The summed E-state index contributed by atoms with van der Waals surface area (Å²) in [6.45, 7) is 3.27. The van der Waals surface area contributed by atoms with Crippen LogP contribution in [-0.2, 0) is 14.5 Å². The molecule has 1 rings (SSSR count). The molecule has 0 heterocycles. The van der Waals surface area contributed by atoms with Gasteiger partial charge in [-0.05, 0) is 23.8 Å². The molecule has 0 unspecified atom stereocenters. The van der Waals surface area contributed by atoms with E-state index >= 15 is 0 Å². The third-order valence-corrected chi connectivity index (χ3v) is 4.08. The second kappa shape index (κ2) is 4.63. The maximum Gasteiger partial charge on any atom is 0.233 e. The Hall–Kier alpha value is -0.130. The van der Waals surface area contributed by atoms with Crippen molar-refractivity contribution < 1.29 is 12.8 Å². The first-order chi connectivity index (χ1) is 7.12. The van der Waals surface area contributed by atoms with Crippen LogP contribution in [0.4, 0.5) is 4.39 Å². The molecule has 0 aliphatic heterocycles. The quantitative estimate of drug-likeness (QED) is 0.796. The van der Waals surface area contributed by atoms with Gasteiger partial charge in [0.15, 0.2) is 0 Å². The van der Waals surface area contributed by atoms with E-state index in [2.05, 4.69) is 15.9 Å². The molecule has 0 saturated heterocycles. The van der Waals surface area contributed by atoms with Crippen LogP contribution in [0.25, 0.3) is 0 Å². The van der Waals surface area contributed by atoms with Crippen molar-refractivity contribution in [3.63, 3.8) is 0 Å². The zero-order valence-electron chi connectivity index (χ0n) is 8.80. The zero-order valence-corrected chi connectivity index (χ0v) is 12.0. The number of rotatable bonds is 3. The van der Waals surface area contributed by atoms with Gasteiger partial charge in [0.1, 0.15) is 5.82 Å². The first-order valence-electron chi connectivity index (χ1n) is 4.50. The summed E-state index contributed by atoms with van der Waals surface area (Å²) in [5.41, 5.74) is -0.542. The van der Waals surface area contributed by atoms with Crippen molar-refractivity contribution in [3.8, 4) is 0 Å². The van der Waals surface area contributed by atoms with Crippen LogP contribution in [0.5, 0.6) is 0 Å². The van der Waals surface area contributed by atoms with Crippen molar-refractivity contribution in [2.24, 2.45) is 0 Å². The average Bonchev–Trinajstić information content (AvgIpc) is 2.04. The minimum absolute atomic E-state index is 0.311. The summed E-state index contributed by atoms with van der Waals surface area (Å²) < 4.78 is 36.4. The highest BCUT2D eigenvalue weighted by atomic mass is 79.9. The largest absolute Gasteiger partial charge is 0.233 e. The Balaban J connectivity index is 3.21. The lowest BCUT2D eigenvalue weighted by atomic mass is 9.86. The van der Waals surface area contributed by atoms with Gasteiger partial charge in [0.25, 0.3) is 0 Å². The molecule has 0 spiro atoms. The fraction of sp³-hybridized carbons (Fsp3) is 0.400. The van der Waals surface area contributed by atoms with Crippen LogP contribution in [-0.4, -0.2) is 14.2 Å². The van der Waals surface area contributed by atoms with Crippen molar-refractivity contribution in [3.05, 3.63) is 34.1 Å². The van der Waals surface area contributed by atoms with E-state index in [-0.39, 0.29) is 5.75 Å². The predicted octanol–water partition coefficient (Wildman–Crippen LogP) is 3.43. The summed E-state index contributed by atoms with van der Waals surface area (Å²) in [7, 11) is 1.53. The highest BCUT2D eigenvalue weighted by Crippen LogP contribution is 2.30. The summed E-state index contributed by atoms with van der Waals surface area (Å²) in [5.74, 6) is -0.747. The van der Waals surface area contributed by atoms with Gasteiger partial charge in [-0.3, -0.25) is 0 Å². The van der Waals surface area contributed by atoms with Gasteiger partial charge in [-0.25, -0.2) is 12.8 Å². The smallest absolute Gasteiger partial charge is 0.212 e. The second-order valence-corrected chi connectivity index (χ2v) is 7.88. The van der Waals surface area contributed by atoms with Crippen molar-refractivity contribution in [2.75, 3.05) is 5.75 Å². The standard InChI is InChI=1S/C10H11BrClFO2S/c1-10(2,6-16(12,14)15)8-5-7(11)3-4-9(8)13/h3-5H,6H2,1-2H3. The van der Waals surface area contributed by atoms with Crippen LogP contribution < -0.4 is 0 Å². The molecule has 0 bridgehead atoms. The van der Waals surface area contributed by atoms with Gasteiger partial charge in [-0.2, -0.15) is 0 Å². The second-order valence-electron chi connectivity index (χ2n) is 4.19. The molecular formula is C10H11BrClFO2S. The van der Waals surface area contributed by atoms with Crippen LogP contribution in [0.2, 0.25) is 0 Å². The Labute approximate surface area is 107 Å². The summed E-state index contributed by atoms with van der Waals surface area (Å²) in [6.07, 6.45) is 0. The third-order valence-electron chi connectivity index (χ3n) is 2.19. The Bertz CT molecular complexity index is 500. The minimum Gasteiger partial charge on any atom is -0.212 e. The maximum atomic E-state index is 13.6. The van der Waals surface area contributed by atoms with Crippen molar-refractivity contribution in [2.45, 2.75) is 19.3 Å². The predicted molar refractivity (Wildman–Crippen MR) is 66.8 cm³/mol. The molecule has 0 aliphatic rings. The van der Waals surface area contributed by atoms with E-state index in [1.807, 2.05) is 0 Å². The monoisotopic (exact) mass is 328 g/mol. The molecular weight excluding hydrogens is 319 g/mol. The minimum atomic E-state index is -3.67. The number of halogens is 3. The number of benzene rings is 1. The van der Waals surface area contributed by atoms with Gasteiger partial charge in [0, 0.05) is 20.6 Å². The number of hydrogen-bond donors (Lipinski definition) is 0. The van der Waals surface area contributed by atoms with Gasteiger partial charge >= 0.3 is 0 Å². The lowest BCUT2D eigenvalue weighted by Crippen LogP contribution is -2.27. The van der Waals surface area contributed by atoms with Gasteiger partial charge in [-0.1, -0.05) is 29.8 Å². The first kappa shape index (κ1) is 13.9. The summed E-state index contributed by atoms with van der Waals surface area (Å²) in [5, 5.41) is 0. The average molecular weight is 330 g/mol. The summed E-state index contributed by atoms with van der Waals surface area (Å²) in [4.78, 5) is 0. The molecule has 0 saturated carbocycles. The van der Waals surface area contributed by atoms with Gasteiger partial charge in [0.2, 0.25) is 9.05 Å². The van der Waals surface area contributed by atoms with Crippen molar-refractivity contribution in [1.29, 1.82) is 0 Å². The van der Waals surface area contributed by atoms with E-state index in [9.17, 15) is 12.8 Å². The molecule has 0 amide bonds. The maximum absolute atomic E-state index is 13.6. The molecule has 0 radical (unpaired) electrons. The van der Waals surface area contributed by atoms with Gasteiger partial charge in [0.05, 0.1) is 5.75 Å². The van der Waals surface area contributed by atoms with Crippen molar-refractivity contribution >= 4 is 35.7 Å². The van der Waals surface area contributed by atoms with E-state index in [1.54, 1.807) is 26.0 Å². The SMILES string of the molecule is CC(C)(CS(=O)(=O)Cl)c1cc(Br)ccc1F. The van der Waals surface area contributed by atoms with Crippen LogP contribution in [0.3, 0.4) is 0 Å². The Morgan fingerprint density at radius 3 is 2.50 bits per heavy atom. The molecule has 0 aliphatic carbocycles. The first-order valence-corrected chi connectivity index (χ1v) is 7.77. The molecule has 6 heteroatoms. The molecule has 0 N–H and O–H groups in total. The Morgan fingerprint density at radius 1 is 1.44 bits per heavy atom. The van der Waals surface area contributed by atoms with E-state index in [0.717, 1.165) is 0 Å². The van der Waals surface area contributed by atoms with Crippen LogP contribution >= 0.6 is 26.6 Å². The molecule has 0 fully saturated rings. The fourth-order valence-corrected chi connectivity index (χ4v) is 3.72. The van der Waals surface area contributed by atoms with Gasteiger partial charge in [-0.15, -0.1) is 0 Å². The molecule has 90 valence electrons. The normalized spacial score (nSPS) is 12.8. The third kappa shape index (κ3) is 3.71. The van der Waals surface area contributed by atoms with Gasteiger partial charge < -0.3 is 0 Å². The lowest BCUT2D eigenvalue weighted by Gasteiger charge is -2.24. The molecule has 1 aromatic carbocycles.